The molecule has 2 atom stereocenters. The van der Waals surface area contributed by atoms with Crippen LogP contribution in [0, 0.1) is 13.8 Å². The molecule has 0 unspecified atom stereocenters. The molecular formula is C22H22O4. The monoisotopic (exact) mass is 350 g/mol. The molecule has 0 radical (unpaired) electrons. The minimum atomic E-state index is -0.796. The number of fused-ring (bicyclic) bond motifs is 2. The zero-order valence-corrected chi connectivity index (χ0v) is 15.2. The van der Waals surface area contributed by atoms with Crippen LogP contribution in [0.25, 0.3) is 11.0 Å². The summed E-state index contributed by atoms with van der Waals surface area (Å²) < 4.78 is 12.0. The van der Waals surface area contributed by atoms with Crippen LogP contribution in [0.3, 0.4) is 0 Å². The second-order valence-electron chi connectivity index (χ2n) is 7.46. The fourth-order valence-electron chi connectivity index (χ4n) is 3.92. The first kappa shape index (κ1) is 16.9. The van der Waals surface area contributed by atoms with Gasteiger partial charge in [-0.2, -0.15) is 0 Å². The molecule has 1 aliphatic rings. The molecule has 4 heteroatoms. The summed E-state index contributed by atoms with van der Waals surface area (Å²) in [6.45, 7) is 5.59. The Bertz CT molecular complexity index is 1040. The van der Waals surface area contributed by atoms with Gasteiger partial charge in [-0.05, 0) is 43.5 Å². The summed E-state index contributed by atoms with van der Waals surface area (Å²) in [7, 11) is 0. The van der Waals surface area contributed by atoms with Gasteiger partial charge >= 0.3 is 0 Å². The second kappa shape index (κ2) is 5.99. The molecule has 0 saturated carbocycles. The fourth-order valence-corrected chi connectivity index (χ4v) is 3.92. The number of hydrogen-bond donors (Lipinski definition) is 1. The number of ether oxygens (including phenoxy) is 1. The largest absolute Gasteiger partial charge is 0.456 e. The van der Waals surface area contributed by atoms with Gasteiger partial charge in [0.1, 0.15) is 11.2 Å². The molecule has 1 aliphatic heterocycles. The average molecular weight is 350 g/mol. The van der Waals surface area contributed by atoms with E-state index < -0.39 is 5.60 Å². The van der Waals surface area contributed by atoms with E-state index in [-0.39, 0.29) is 23.9 Å². The molecule has 1 N–H and O–H groups in total. The van der Waals surface area contributed by atoms with Gasteiger partial charge in [0.05, 0.1) is 17.6 Å². The van der Waals surface area contributed by atoms with Crippen LogP contribution >= 0.6 is 0 Å². The van der Waals surface area contributed by atoms with Crippen molar-refractivity contribution in [2.45, 2.75) is 38.7 Å². The topological polar surface area (TPSA) is 59.7 Å². The Morgan fingerprint density at radius 2 is 1.92 bits per heavy atom. The van der Waals surface area contributed by atoms with Gasteiger partial charge in [0, 0.05) is 12.3 Å². The van der Waals surface area contributed by atoms with Crippen LogP contribution in [0.5, 0.6) is 5.95 Å². The summed E-state index contributed by atoms with van der Waals surface area (Å²) in [5, 5.41) is 10.5. The van der Waals surface area contributed by atoms with Gasteiger partial charge in [-0.1, -0.05) is 36.4 Å². The smallest absolute Gasteiger partial charge is 0.293 e. The Morgan fingerprint density at radius 3 is 2.62 bits per heavy atom. The molecule has 134 valence electrons. The zero-order valence-electron chi connectivity index (χ0n) is 15.2. The predicted octanol–water partition coefficient (Wildman–Crippen LogP) is 4.08. The summed E-state index contributed by atoms with van der Waals surface area (Å²) in [6.07, 6.45) is 0.516. The minimum Gasteiger partial charge on any atom is -0.456 e. The van der Waals surface area contributed by atoms with Crippen molar-refractivity contribution >= 4 is 11.0 Å². The summed E-state index contributed by atoms with van der Waals surface area (Å²) in [4.78, 5) is 13.4. The van der Waals surface area contributed by atoms with E-state index in [1.165, 1.54) is 0 Å². The van der Waals surface area contributed by atoms with Crippen molar-refractivity contribution in [3.05, 3.63) is 74.9 Å². The van der Waals surface area contributed by atoms with Crippen LogP contribution in [-0.2, 0) is 0 Å². The first-order valence-corrected chi connectivity index (χ1v) is 8.84. The molecule has 3 aromatic rings. The van der Waals surface area contributed by atoms with Crippen molar-refractivity contribution in [1.82, 2.24) is 0 Å². The maximum atomic E-state index is 13.4. The molecule has 0 fully saturated rings. The lowest BCUT2D eigenvalue weighted by Crippen LogP contribution is -2.43. The Kier molecular flexibility index (Phi) is 3.88. The maximum Gasteiger partial charge on any atom is 0.293 e. The highest BCUT2D eigenvalue weighted by atomic mass is 16.6. The molecule has 2 heterocycles. The van der Waals surface area contributed by atoms with E-state index in [1.54, 1.807) is 0 Å². The molecule has 2 aromatic carbocycles. The van der Waals surface area contributed by atoms with Crippen LogP contribution < -0.4 is 10.2 Å². The van der Waals surface area contributed by atoms with Crippen molar-refractivity contribution in [3.63, 3.8) is 0 Å². The molecule has 0 aliphatic carbocycles. The number of aliphatic hydroxyl groups excluding tert-OH is 1. The first-order valence-electron chi connectivity index (χ1n) is 8.84. The van der Waals surface area contributed by atoms with Crippen molar-refractivity contribution in [2.75, 3.05) is 6.61 Å². The maximum absolute atomic E-state index is 13.4. The molecule has 4 rings (SSSR count). The summed E-state index contributed by atoms with van der Waals surface area (Å²) in [5.74, 6) is 0.0441. The van der Waals surface area contributed by atoms with E-state index in [0.29, 0.717) is 23.0 Å². The van der Waals surface area contributed by atoms with Crippen LogP contribution in [0.4, 0.5) is 0 Å². The lowest BCUT2D eigenvalue weighted by molar-refractivity contribution is -0.0160. The summed E-state index contributed by atoms with van der Waals surface area (Å²) >= 11 is 0. The van der Waals surface area contributed by atoms with E-state index >= 15 is 0 Å². The van der Waals surface area contributed by atoms with E-state index in [0.717, 1.165) is 16.7 Å². The van der Waals surface area contributed by atoms with Gasteiger partial charge in [0.25, 0.3) is 5.95 Å². The number of aryl methyl sites for hydroxylation is 2. The molecular weight excluding hydrogens is 328 g/mol. The van der Waals surface area contributed by atoms with Crippen LogP contribution in [0.2, 0.25) is 0 Å². The van der Waals surface area contributed by atoms with Crippen molar-refractivity contribution < 1.29 is 14.3 Å². The highest BCUT2D eigenvalue weighted by Crippen LogP contribution is 2.44. The lowest BCUT2D eigenvalue weighted by atomic mass is 9.80. The van der Waals surface area contributed by atoms with Crippen LogP contribution in [-0.4, -0.2) is 17.3 Å². The third kappa shape index (κ3) is 2.61. The standard InChI is InChI=1S/C22H22O4/c1-13-9-14(2)18-17(10-13)25-21-19(20(18)24)16(11-22(3,12-23)26-21)15-7-5-4-6-8-15/h4-10,16,23H,11-12H2,1-3H3/t16-,22-/m0/s1. The molecule has 0 amide bonds. The van der Waals surface area contributed by atoms with E-state index in [2.05, 4.69) is 0 Å². The zero-order chi connectivity index (χ0) is 18.5. The highest BCUT2D eigenvalue weighted by molar-refractivity contribution is 5.82. The minimum absolute atomic E-state index is 0.0485. The molecule has 0 spiro atoms. The van der Waals surface area contributed by atoms with Crippen LogP contribution in [0.15, 0.2) is 51.7 Å². The SMILES string of the molecule is Cc1cc(C)c2c(=O)c3c(oc2c1)O[C@](C)(CO)C[C@H]3c1ccccc1. The lowest BCUT2D eigenvalue weighted by Gasteiger charge is -2.37. The third-order valence-electron chi connectivity index (χ3n) is 5.20. The van der Waals surface area contributed by atoms with Crippen molar-refractivity contribution in [2.24, 2.45) is 0 Å². The summed E-state index contributed by atoms with van der Waals surface area (Å²) in [5.41, 5.74) is 3.18. The number of hydrogen-bond acceptors (Lipinski definition) is 4. The van der Waals surface area contributed by atoms with Gasteiger partial charge in [0.2, 0.25) is 5.43 Å². The van der Waals surface area contributed by atoms with Gasteiger partial charge < -0.3 is 14.3 Å². The molecule has 4 nitrogen and oxygen atoms in total. The number of aliphatic hydroxyl groups is 1. The summed E-state index contributed by atoms with van der Waals surface area (Å²) in [6, 6.07) is 13.7. The fraction of sp³-hybridized carbons (Fsp3) is 0.318. The van der Waals surface area contributed by atoms with Gasteiger partial charge in [-0.25, -0.2) is 0 Å². The second-order valence-corrected chi connectivity index (χ2v) is 7.46. The Hall–Kier alpha value is -2.59. The number of benzene rings is 2. The molecule has 1 aromatic heterocycles. The predicted molar refractivity (Wildman–Crippen MR) is 101 cm³/mol. The van der Waals surface area contributed by atoms with E-state index in [1.807, 2.05) is 63.2 Å². The molecule has 0 saturated heterocycles. The quantitative estimate of drug-likeness (QED) is 0.757. The Balaban J connectivity index is 2.04. The first-order chi connectivity index (χ1) is 12.4. The van der Waals surface area contributed by atoms with E-state index in [4.69, 9.17) is 9.15 Å². The van der Waals surface area contributed by atoms with Gasteiger partial charge in [-0.3, -0.25) is 4.79 Å². The third-order valence-corrected chi connectivity index (χ3v) is 5.20. The van der Waals surface area contributed by atoms with Gasteiger partial charge in [-0.15, -0.1) is 0 Å². The van der Waals surface area contributed by atoms with Crippen molar-refractivity contribution in [3.8, 4) is 5.95 Å². The average Bonchev–Trinajstić information content (AvgIpc) is 2.61. The molecule has 26 heavy (non-hydrogen) atoms. The normalized spacial score (nSPS) is 22.1. The van der Waals surface area contributed by atoms with Crippen molar-refractivity contribution in [1.29, 1.82) is 0 Å². The van der Waals surface area contributed by atoms with Crippen LogP contribution in [0.1, 0.15) is 41.5 Å². The van der Waals surface area contributed by atoms with E-state index in [9.17, 15) is 9.90 Å². The Labute approximate surface area is 152 Å². The highest BCUT2D eigenvalue weighted by Gasteiger charge is 2.41. The Morgan fingerprint density at radius 1 is 1.19 bits per heavy atom. The molecule has 0 bridgehead atoms. The van der Waals surface area contributed by atoms with Gasteiger partial charge in [0.15, 0.2) is 0 Å². The number of rotatable bonds is 2.